The van der Waals surface area contributed by atoms with Gasteiger partial charge in [-0.3, -0.25) is 0 Å². The van der Waals surface area contributed by atoms with Gasteiger partial charge in [-0.2, -0.15) is 0 Å². The van der Waals surface area contributed by atoms with Crippen molar-refractivity contribution in [2.75, 3.05) is 11.8 Å². The minimum absolute atomic E-state index is 0.247. The second-order valence-corrected chi connectivity index (χ2v) is 7.19. The molecular weight excluding hydrogens is 263 g/mol. The van der Waals surface area contributed by atoms with E-state index < -0.39 is 0 Å². The van der Waals surface area contributed by atoms with Crippen LogP contribution < -0.4 is 0 Å². The number of rotatable bonds is 6. The van der Waals surface area contributed by atoms with Crippen LogP contribution in [0.3, 0.4) is 0 Å². The van der Waals surface area contributed by atoms with Crippen LogP contribution in [0.1, 0.15) is 70.6 Å². The predicted octanol–water partition coefficient (Wildman–Crippen LogP) is 6.00. The lowest BCUT2D eigenvalue weighted by molar-refractivity contribution is 0.180. The maximum atomic E-state index is 6.34. The molecule has 0 aromatic rings. The van der Waals surface area contributed by atoms with Gasteiger partial charge in [-0.05, 0) is 37.5 Å². The molecule has 0 bridgehead atoms. The topological polar surface area (TPSA) is 0 Å². The molecule has 0 N–H and O–H groups in total. The zero-order valence-corrected chi connectivity index (χ0v) is 13.1. The van der Waals surface area contributed by atoms with Gasteiger partial charge in [0.1, 0.15) is 0 Å². The van der Waals surface area contributed by atoms with Crippen molar-refractivity contribution in [3.05, 3.63) is 0 Å². The molecule has 2 fully saturated rings. The Bertz CT molecular complexity index is 223. The molecule has 18 heavy (non-hydrogen) atoms. The van der Waals surface area contributed by atoms with Crippen molar-refractivity contribution < 1.29 is 0 Å². The summed E-state index contributed by atoms with van der Waals surface area (Å²) in [5, 5.41) is 0. The average Bonchev–Trinajstić information content (AvgIpc) is 2.96. The molecule has 2 aliphatic carbocycles. The molecule has 106 valence electrons. The fourth-order valence-corrected chi connectivity index (χ4v) is 5.09. The summed E-state index contributed by atoms with van der Waals surface area (Å²) in [4.78, 5) is 0. The predicted molar refractivity (Wildman–Crippen MR) is 81.6 cm³/mol. The highest BCUT2D eigenvalue weighted by Crippen LogP contribution is 2.46. The van der Waals surface area contributed by atoms with Gasteiger partial charge in [-0.25, -0.2) is 0 Å². The third-order valence-corrected chi connectivity index (χ3v) is 6.59. The van der Waals surface area contributed by atoms with Gasteiger partial charge < -0.3 is 0 Å². The van der Waals surface area contributed by atoms with Gasteiger partial charge in [0.05, 0.1) is 0 Å². The van der Waals surface area contributed by atoms with E-state index in [2.05, 4.69) is 0 Å². The second kappa shape index (κ2) is 7.39. The van der Waals surface area contributed by atoms with Gasteiger partial charge in [0.15, 0.2) is 0 Å². The molecule has 0 radical (unpaired) electrons. The number of hydrogen-bond donors (Lipinski definition) is 0. The Morgan fingerprint density at radius 1 is 0.778 bits per heavy atom. The van der Waals surface area contributed by atoms with Gasteiger partial charge >= 0.3 is 0 Å². The summed E-state index contributed by atoms with van der Waals surface area (Å²) < 4.78 is 0. The Labute approximate surface area is 123 Å². The Hall–Kier alpha value is 0.580. The van der Waals surface area contributed by atoms with E-state index in [1.807, 2.05) is 0 Å². The van der Waals surface area contributed by atoms with Gasteiger partial charge in [0, 0.05) is 17.2 Å². The van der Waals surface area contributed by atoms with Crippen LogP contribution in [0.5, 0.6) is 0 Å². The maximum absolute atomic E-state index is 6.34. The van der Waals surface area contributed by atoms with Crippen LogP contribution in [0.25, 0.3) is 0 Å². The molecule has 0 aromatic heterocycles. The summed E-state index contributed by atoms with van der Waals surface area (Å²) in [6.45, 7) is 0. The first-order valence-corrected chi connectivity index (χ1v) is 8.99. The summed E-state index contributed by atoms with van der Waals surface area (Å²) in [5.41, 5.74) is 0.247. The third-order valence-electron chi connectivity index (χ3n) is 5.53. The van der Waals surface area contributed by atoms with Crippen LogP contribution in [0.4, 0.5) is 0 Å². The molecule has 0 saturated heterocycles. The van der Waals surface area contributed by atoms with Gasteiger partial charge in [0.2, 0.25) is 0 Å². The van der Waals surface area contributed by atoms with E-state index >= 15 is 0 Å². The van der Waals surface area contributed by atoms with Crippen LogP contribution >= 0.6 is 23.2 Å². The summed E-state index contributed by atoms with van der Waals surface area (Å²) in [6, 6.07) is 0. The molecule has 0 spiro atoms. The van der Waals surface area contributed by atoms with E-state index in [1.54, 1.807) is 0 Å². The lowest BCUT2D eigenvalue weighted by Gasteiger charge is -2.37. The fourth-order valence-electron chi connectivity index (χ4n) is 4.10. The quantitative estimate of drug-likeness (QED) is 0.526. The Kier molecular flexibility index (Phi) is 6.15. The van der Waals surface area contributed by atoms with E-state index in [9.17, 15) is 0 Å². The normalized spacial score (nSPS) is 23.7. The SMILES string of the molecule is ClCC(CCl)(CCC1CCCCC1)C1CCCC1. The monoisotopic (exact) mass is 290 g/mol. The minimum Gasteiger partial charge on any atom is -0.126 e. The van der Waals surface area contributed by atoms with Crippen molar-refractivity contribution in [1.29, 1.82) is 0 Å². The Balaban J connectivity index is 1.87. The molecule has 0 amide bonds. The summed E-state index contributed by atoms with van der Waals surface area (Å²) in [5.74, 6) is 3.31. The second-order valence-electron chi connectivity index (χ2n) is 6.65. The standard InChI is InChI=1S/C16H28Cl2/c17-12-16(13-18,15-8-4-5-9-15)11-10-14-6-2-1-3-7-14/h14-15H,1-13H2. The molecule has 0 nitrogen and oxygen atoms in total. The van der Waals surface area contributed by atoms with E-state index in [1.165, 1.54) is 70.6 Å². The Morgan fingerprint density at radius 2 is 1.33 bits per heavy atom. The molecule has 2 saturated carbocycles. The zero-order chi connectivity index (χ0) is 12.8. The number of hydrogen-bond acceptors (Lipinski definition) is 0. The summed E-state index contributed by atoms with van der Waals surface area (Å²) >= 11 is 12.7. The molecule has 0 heterocycles. The molecule has 0 unspecified atom stereocenters. The Morgan fingerprint density at radius 3 is 1.89 bits per heavy atom. The molecule has 2 rings (SSSR count). The number of halogens is 2. The van der Waals surface area contributed by atoms with Gasteiger partial charge in [-0.15, -0.1) is 23.2 Å². The van der Waals surface area contributed by atoms with Crippen molar-refractivity contribution in [2.24, 2.45) is 17.3 Å². The highest BCUT2D eigenvalue weighted by atomic mass is 35.5. The third kappa shape index (κ3) is 3.57. The first-order chi connectivity index (χ1) is 8.80. The van der Waals surface area contributed by atoms with Crippen LogP contribution in [-0.2, 0) is 0 Å². The largest absolute Gasteiger partial charge is 0.126 e. The average molecular weight is 291 g/mol. The molecular formula is C16H28Cl2. The van der Waals surface area contributed by atoms with Crippen molar-refractivity contribution in [3.63, 3.8) is 0 Å². The molecule has 0 aliphatic heterocycles. The van der Waals surface area contributed by atoms with Crippen molar-refractivity contribution in [3.8, 4) is 0 Å². The van der Waals surface area contributed by atoms with E-state index in [0.717, 1.165) is 23.6 Å². The summed E-state index contributed by atoms with van der Waals surface area (Å²) in [7, 11) is 0. The molecule has 0 aromatic carbocycles. The van der Waals surface area contributed by atoms with Crippen LogP contribution in [0.15, 0.2) is 0 Å². The molecule has 2 aliphatic rings. The number of alkyl halides is 2. The molecule has 0 atom stereocenters. The van der Waals surface area contributed by atoms with E-state index in [-0.39, 0.29) is 5.41 Å². The summed E-state index contributed by atoms with van der Waals surface area (Å²) in [6.07, 6.45) is 15.4. The van der Waals surface area contributed by atoms with E-state index in [4.69, 9.17) is 23.2 Å². The van der Waals surface area contributed by atoms with Crippen molar-refractivity contribution in [2.45, 2.75) is 70.6 Å². The lowest BCUT2D eigenvalue weighted by Crippen LogP contribution is -2.34. The van der Waals surface area contributed by atoms with Crippen molar-refractivity contribution in [1.82, 2.24) is 0 Å². The first kappa shape index (κ1) is 15.0. The highest BCUT2D eigenvalue weighted by Gasteiger charge is 2.39. The molecule has 2 heteroatoms. The van der Waals surface area contributed by atoms with Crippen molar-refractivity contribution >= 4 is 23.2 Å². The fraction of sp³-hybridized carbons (Fsp3) is 1.00. The lowest BCUT2D eigenvalue weighted by atomic mass is 9.71. The van der Waals surface area contributed by atoms with Crippen LogP contribution in [0.2, 0.25) is 0 Å². The first-order valence-electron chi connectivity index (χ1n) is 7.93. The van der Waals surface area contributed by atoms with Crippen LogP contribution in [0, 0.1) is 17.3 Å². The van der Waals surface area contributed by atoms with Gasteiger partial charge in [-0.1, -0.05) is 44.9 Å². The smallest absolute Gasteiger partial charge is 0.0294 e. The zero-order valence-electron chi connectivity index (χ0n) is 11.6. The highest BCUT2D eigenvalue weighted by molar-refractivity contribution is 6.21. The minimum atomic E-state index is 0.247. The van der Waals surface area contributed by atoms with Crippen LogP contribution in [-0.4, -0.2) is 11.8 Å². The van der Waals surface area contributed by atoms with Gasteiger partial charge in [0.25, 0.3) is 0 Å². The maximum Gasteiger partial charge on any atom is 0.0294 e. The van der Waals surface area contributed by atoms with E-state index in [0.29, 0.717) is 0 Å².